The van der Waals surface area contributed by atoms with Gasteiger partial charge in [-0.3, -0.25) is 4.79 Å². The molecular weight excluding hydrogens is 214 g/mol. The molecule has 0 aliphatic heterocycles. The third-order valence-corrected chi connectivity index (χ3v) is 2.84. The van der Waals surface area contributed by atoms with E-state index < -0.39 is 0 Å². The largest absolute Gasteiger partial charge is 0.394 e. The molecule has 2 unspecified atom stereocenters. The van der Waals surface area contributed by atoms with Crippen molar-refractivity contribution < 1.29 is 9.90 Å². The summed E-state index contributed by atoms with van der Waals surface area (Å²) in [6.07, 6.45) is 7.35. The summed E-state index contributed by atoms with van der Waals surface area (Å²) in [4.78, 5) is 11.8. The molecule has 0 heterocycles. The Bertz CT molecular complexity index is 282. The highest BCUT2D eigenvalue weighted by Crippen LogP contribution is 2.10. The van der Waals surface area contributed by atoms with E-state index in [4.69, 9.17) is 0 Å². The highest BCUT2D eigenvalue weighted by molar-refractivity contribution is 5.93. The van der Waals surface area contributed by atoms with Crippen LogP contribution in [0.3, 0.4) is 0 Å². The first-order valence-corrected chi connectivity index (χ1v) is 6.26. The minimum absolute atomic E-state index is 0.00697. The molecular formula is C14H25NO2. The number of rotatable bonds is 7. The standard InChI is InChI=1S/C14H25NO2/c1-5-7-8-12(4)14(17)15-13(10-16)9-11(3)6-2/h5,7-8,11,13,16H,6,9-10H2,1-4H3,(H,15,17). The number of nitrogens with one attached hydrogen (secondary N) is 1. The molecule has 0 aliphatic carbocycles. The van der Waals surface area contributed by atoms with E-state index in [1.54, 1.807) is 13.0 Å². The molecule has 0 aromatic heterocycles. The Kier molecular flexibility index (Phi) is 8.42. The molecule has 2 N–H and O–H groups in total. The molecule has 0 rings (SSSR count). The quantitative estimate of drug-likeness (QED) is 0.529. The van der Waals surface area contributed by atoms with E-state index >= 15 is 0 Å². The van der Waals surface area contributed by atoms with E-state index in [1.165, 1.54) is 0 Å². The lowest BCUT2D eigenvalue weighted by molar-refractivity contribution is -0.118. The molecule has 2 atom stereocenters. The first-order chi connectivity index (χ1) is 8.04. The summed E-state index contributed by atoms with van der Waals surface area (Å²) in [6.45, 7) is 7.90. The zero-order valence-electron chi connectivity index (χ0n) is 11.4. The van der Waals surface area contributed by atoms with E-state index in [1.807, 2.05) is 19.1 Å². The van der Waals surface area contributed by atoms with Crippen LogP contribution in [0.4, 0.5) is 0 Å². The number of amides is 1. The SMILES string of the molecule is CC=CC=C(C)C(=O)NC(CO)CC(C)CC. The molecule has 1 amide bonds. The van der Waals surface area contributed by atoms with Crippen molar-refractivity contribution >= 4 is 5.91 Å². The number of hydrogen-bond acceptors (Lipinski definition) is 2. The van der Waals surface area contributed by atoms with Crippen LogP contribution in [0.2, 0.25) is 0 Å². The molecule has 0 fully saturated rings. The maximum absolute atomic E-state index is 11.8. The Labute approximate surface area is 105 Å². The minimum Gasteiger partial charge on any atom is -0.394 e. The molecule has 0 saturated heterocycles. The summed E-state index contributed by atoms with van der Waals surface area (Å²) in [7, 11) is 0. The van der Waals surface area contributed by atoms with E-state index in [0.717, 1.165) is 12.8 Å². The van der Waals surface area contributed by atoms with Gasteiger partial charge in [0.05, 0.1) is 12.6 Å². The van der Waals surface area contributed by atoms with Crippen LogP contribution in [0.15, 0.2) is 23.8 Å². The lowest BCUT2D eigenvalue weighted by atomic mass is 9.99. The minimum atomic E-state index is -0.147. The lowest BCUT2D eigenvalue weighted by Crippen LogP contribution is -2.39. The highest BCUT2D eigenvalue weighted by Gasteiger charge is 2.14. The average Bonchev–Trinajstić information content (AvgIpc) is 2.34. The Morgan fingerprint density at radius 1 is 1.47 bits per heavy atom. The Morgan fingerprint density at radius 3 is 2.59 bits per heavy atom. The van der Waals surface area contributed by atoms with Gasteiger partial charge in [0.1, 0.15) is 0 Å². The highest BCUT2D eigenvalue weighted by atomic mass is 16.3. The van der Waals surface area contributed by atoms with Crippen LogP contribution in [0.25, 0.3) is 0 Å². The van der Waals surface area contributed by atoms with Crippen LogP contribution < -0.4 is 5.32 Å². The summed E-state index contributed by atoms with van der Waals surface area (Å²) < 4.78 is 0. The molecule has 3 nitrogen and oxygen atoms in total. The van der Waals surface area contributed by atoms with Gasteiger partial charge in [-0.1, -0.05) is 38.5 Å². The molecule has 98 valence electrons. The molecule has 0 spiro atoms. The van der Waals surface area contributed by atoms with Crippen LogP contribution >= 0.6 is 0 Å². The van der Waals surface area contributed by atoms with Gasteiger partial charge in [0.15, 0.2) is 0 Å². The normalized spacial score (nSPS) is 15.9. The molecule has 17 heavy (non-hydrogen) atoms. The Hall–Kier alpha value is -1.09. The molecule has 0 aromatic carbocycles. The maximum atomic E-state index is 11.8. The van der Waals surface area contributed by atoms with E-state index in [2.05, 4.69) is 19.2 Å². The van der Waals surface area contributed by atoms with Gasteiger partial charge in [0.2, 0.25) is 5.91 Å². The zero-order chi connectivity index (χ0) is 13.3. The van der Waals surface area contributed by atoms with Crippen molar-refractivity contribution in [3.05, 3.63) is 23.8 Å². The predicted molar refractivity (Wildman–Crippen MR) is 71.7 cm³/mol. The van der Waals surface area contributed by atoms with Gasteiger partial charge in [-0.05, 0) is 26.2 Å². The monoisotopic (exact) mass is 239 g/mol. The first kappa shape index (κ1) is 15.9. The van der Waals surface area contributed by atoms with E-state index in [-0.39, 0.29) is 18.6 Å². The number of allylic oxidation sites excluding steroid dienone is 3. The summed E-state index contributed by atoms with van der Waals surface area (Å²) >= 11 is 0. The Balaban J connectivity index is 4.32. The van der Waals surface area contributed by atoms with Crippen LogP contribution in [0.5, 0.6) is 0 Å². The van der Waals surface area contributed by atoms with Crippen molar-refractivity contribution in [3.8, 4) is 0 Å². The number of aliphatic hydroxyl groups excluding tert-OH is 1. The Morgan fingerprint density at radius 2 is 2.12 bits per heavy atom. The number of carbonyl (C=O) groups is 1. The van der Waals surface area contributed by atoms with Crippen LogP contribution in [0, 0.1) is 5.92 Å². The topological polar surface area (TPSA) is 49.3 Å². The average molecular weight is 239 g/mol. The van der Waals surface area contributed by atoms with E-state index in [9.17, 15) is 9.90 Å². The van der Waals surface area contributed by atoms with Gasteiger partial charge in [0.25, 0.3) is 0 Å². The van der Waals surface area contributed by atoms with Crippen LogP contribution in [0.1, 0.15) is 40.5 Å². The third-order valence-electron chi connectivity index (χ3n) is 2.84. The molecule has 0 bridgehead atoms. The number of carbonyl (C=O) groups excluding carboxylic acids is 1. The second kappa shape index (κ2) is 8.99. The first-order valence-electron chi connectivity index (χ1n) is 6.26. The van der Waals surface area contributed by atoms with Crippen molar-refractivity contribution in [2.45, 2.75) is 46.6 Å². The number of hydrogen-bond donors (Lipinski definition) is 2. The van der Waals surface area contributed by atoms with Crippen LogP contribution in [-0.2, 0) is 4.79 Å². The van der Waals surface area contributed by atoms with Crippen molar-refractivity contribution in [2.75, 3.05) is 6.61 Å². The fraction of sp³-hybridized carbons (Fsp3) is 0.643. The summed E-state index contributed by atoms with van der Waals surface area (Å²) in [5, 5.41) is 12.1. The molecule has 3 heteroatoms. The van der Waals surface area contributed by atoms with Crippen molar-refractivity contribution in [1.82, 2.24) is 5.32 Å². The fourth-order valence-electron chi connectivity index (χ4n) is 1.45. The predicted octanol–water partition coefficient (Wildman–Crippen LogP) is 2.42. The van der Waals surface area contributed by atoms with Gasteiger partial charge in [-0.2, -0.15) is 0 Å². The van der Waals surface area contributed by atoms with Gasteiger partial charge in [-0.15, -0.1) is 0 Å². The summed E-state index contributed by atoms with van der Waals surface area (Å²) in [5.41, 5.74) is 0.658. The fourth-order valence-corrected chi connectivity index (χ4v) is 1.45. The second-order valence-corrected chi connectivity index (χ2v) is 4.48. The maximum Gasteiger partial charge on any atom is 0.247 e. The lowest BCUT2D eigenvalue weighted by Gasteiger charge is -2.19. The molecule has 0 saturated carbocycles. The van der Waals surface area contributed by atoms with Crippen molar-refractivity contribution in [1.29, 1.82) is 0 Å². The molecule has 0 aliphatic rings. The summed E-state index contributed by atoms with van der Waals surface area (Å²) in [6, 6.07) is -0.147. The van der Waals surface area contributed by atoms with Crippen molar-refractivity contribution in [2.24, 2.45) is 5.92 Å². The zero-order valence-corrected chi connectivity index (χ0v) is 11.4. The number of aliphatic hydroxyl groups is 1. The smallest absolute Gasteiger partial charge is 0.247 e. The van der Waals surface area contributed by atoms with Gasteiger partial charge in [0, 0.05) is 5.57 Å². The third kappa shape index (κ3) is 6.95. The van der Waals surface area contributed by atoms with Gasteiger partial charge < -0.3 is 10.4 Å². The van der Waals surface area contributed by atoms with Crippen LogP contribution in [-0.4, -0.2) is 23.7 Å². The molecule has 0 aromatic rings. The van der Waals surface area contributed by atoms with E-state index in [0.29, 0.717) is 11.5 Å². The van der Waals surface area contributed by atoms with Gasteiger partial charge in [-0.25, -0.2) is 0 Å². The second-order valence-electron chi connectivity index (χ2n) is 4.48. The summed E-state index contributed by atoms with van der Waals surface area (Å²) in [5.74, 6) is 0.401. The van der Waals surface area contributed by atoms with Gasteiger partial charge >= 0.3 is 0 Å². The molecule has 0 radical (unpaired) electrons. The van der Waals surface area contributed by atoms with Crippen molar-refractivity contribution in [3.63, 3.8) is 0 Å².